The number of benzene rings is 1. The summed E-state index contributed by atoms with van der Waals surface area (Å²) < 4.78 is 0. The zero-order valence-electron chi connectivity index (χ0n) is 12.9. The van der Waals surface area contributed by atoms with Crippen LogP contribution in [-0.2, 0) is 9.59 Å². The van der Waals surface area contributed by atoms with Crippen molar-refractivity contribution in [3.05, 3.63) is 34.9 Å². The van der Waals surface area contributed by atoms with Crippen LogP contribution in [0.2, 0.25) is 5.02 Å². The first-order valence-corrected chi connectivity index (χ1v) is 7.95. The Hall–Kier alpha value is -1.92. The summed E-state index contributed by atoms with van der Waals surface area (Å²) in [5.41, 5.74) is 0.495. The summed E-state index contributed by atoms with van der Waals surface area (Å²) in [6.07, 6.45) is 0.230. The largest absolute Gasteiger partial charge is 0.336 e. The van der Waals surface area contributed by atoms with Crippen molar-refractivity contribution < 1.29 is 14.4 Å². The molecule has 2 aliphatic rings. The minimum Gasteiger partial charge on any atom is -0.336 e. The number of nitrogens with zero attached hydrogens (tertiary/aromatic N) is 3. The standard InChI is InChI=1S/C16H18ClN3O3/c1-18-14(21)10-13(16(18)23)19-6-8-20(9-7-19)15(22)11-4-2-3-5-12(11)17/h2-5,13H,6-10H2,1H3. The van der Waals surface area contributed by atoms with Gasteiger partial charge in [-0.1, -0.05) is 23.7 Å². The van der Waals surface area contributed by atoms with Gasteiger partial charge in [-0.2, -0.15) is 0 Å². The Morgan fingerprint density at radius 1 is 1.13 bits per heavy atom. The van der Waals surface area contributed by atoms with Gasteiger partial charge in [-0.25, -0.2) is 0 Å². The Morgan fingerprint density at radius 2 is 1.78 bits per heavy atom. The highest BCUT2D eigenvalue weighted by Gasteiger charge is 2.41. The minimum absolute atomic E-state index is 0.0961. The van der Waals surface area contributed by atoms with Gasteiger partial charge >= 0.3 is 0 Å². The average Bonchev–Trinajstić information content (AvgIpc) is 2.82. The maximum atomic E-state index is 12.5. The molecule has 2 aliphatic heterocycles. The Bertz CT molecular complexity index is 656. The van der Waals surface area contributed by atoms with Crippen LogP contribution in [0.1, 0.15) is 16.8 Å². The van der Waals surface area contributed by atoms with E-state index in [1.807, 2.05) is 4.90 Å². The first-order chi connectivity index (χ1) is 11.0. The molecule has 122 valence electrons. The second-order valence-corrected chi connectivity index (χ2v) is 6.23. The number of amides is 3. The van der Waals surface area contributed by atoms with Gasteiger partial charge in [0, 0.05) is 33.2 Å². The molecule has 1 aromatic rings. The van der Waals surface area contributed by atoms with E-state index in [0.29, 0.717) is 36.8 Å². The van der Waals surface area contributed by atoms with E-state index in [0.717, 1.165) is 0 Å². The number of imide groups is 1. The van der Waals surface area contributed by atoms with E-state index < -0.39 is 0 Å². The van der Waals surface area contributed by atoms with Crippen LogP contribution in [-0.4, -0.2) is 71.7 Å². The fourth-order valence-corrected chi connectivity index (χ4v) is 3.28. The van der Waals surface area contributed by atoms with Crippen LogP contribution < -0.4 is 0 Å². The number of carbonyl (C=O) groups excluding carboxylic acids is 3. The van der Waals surface area contributed by atoms with Crippen molar-refractivity contribution in [3.8, 4) is 0 Å². The van der Waals surface area contributed by atoms with Crippen LogP contribution in [0.25, 0.3) is 0 Å². The predicted octanol–water partition coefficient (Wildman–Crippen LogP) is 0.855. The van der Waals surface area contributed by atoms with Crippen LogP contribution in [0.4, 0.5) is 0 Å². The fraction of sp³-hybridized carbons (Fsp3) is 0.438. The quantitative estimate of drug-likeness (QED) is 0.752. The van der Waals surface area contributed by atoms with Crippen molar-refractivity contribution in [2.24, 2.45) is 0 Å². The molecule has 0 bridgehead atoms. The van der Waals surface area contributed by atoms with Gasteiger partial charge in [0.2, 0.25) is 11.8 Å². The van der Waals surface area contributed by atoms with Crippen LogP contribution in [0.3, 0.4) is 0 Å². The van der Waals surface area contributed by atoms with Crippen LogP contribution in [0.5, 0.6) is 0 Å². The van der Waals surface area contributed by atoms with Crippen molar-refractivity contribution in [2.75, 3.05) is 33.2 Å². The summed E-state index contributed by atoms with van der Waals surface area (Å²) in [6, 6.07) is 6.60. The molecule has 1 atom stereocenters. The number of hydrogen-bond acceptors (Lipinski definition) is 4. The normalized spacial score (nSPS) is 22.8. The number of halogens is 1. The van der Waals surface area contributed by atoms with Crippen LogP contribution in [0.15, 0.2) is 24.3 Å². The molecule has 23 heavy (non-hydrogen) atoms. The molecule has 6 nitrogen and oxygen atoms in total. The molecule has 2 saturated heterocycles. The van der Waals surface area contributed by atoms with E-state index in [-0.39, 0.29) is 30.2 Å². The van der Waals surface area contributed by atoms with E-state index >= 15 is 0 Å². The molecular formula is C16H18ClN3O3. The second kappa shape index (κ2) is 6.29. The highest BCUT2D eigenvalue weighted by molar-refractivity contribution is 6.33. The molecular weight excluding hydrogens is 318 g/mol. The zero-order valence-corrected chi connectivity index (χ0v) is 13.6. The van der Waals surface area contributed by atoms with E-state index in [4.69, 9.17) is 11.6 Å². The van der Waals surface area contributed by atoms with Gasteiger partial charge in [0.25, 0.3) is 5.91 Å². The Morgan fingerprint density at radius 3 is 2.35 bits per heavy atom. The zero-order chi connectivity index (χ0) is 16.6. The lowest BCUT2D eigenvalue weighted by atomic mass is 10.1. The molecule has 0 spiro atoms. The van der Waals surface area contributed by atoms with E-state index in [1.54, 1.807) is 29.2 Å². The lowest BCUT2D eigenvalue weighted by Gasteiger charge is -2.37. The molecule has 0 N–H and O–H groups in total. The van der Waals surface area contributed by atoms with E-state index in [1.165, 1.54) is 11.9 Å². The Balaban J connectivity index is 1.63. The number of rotatable bonds is 2. The second-order valence-electron chi connectivity index (χ2n) is 5.82. The van der Waals surface area contributed by atoms with Crippen molar-refractivity contribution >= 4 is 29.3 Å². The summed E-state index contributed by atoms with van der Waals surface area (Å²) >= 11 is 6.08. The fourth-order valence-electron chi connectivity index (χ4n) is 3.06. The first-order valence-electron chi connectivity index (χ1n) is 7.57. The lowest BCUT2D eigenvalue weighted by molar-refractivity contribution is -0.138. The molecule has 0 radical (unpaired) electrons. The summed E-state index contributed by atoms with van der Waals surface area (Å²) in [5.74, 6) is -0.392. The smallest absolute Gasteiger partial charge is 0.255 e. The molecule has 2 heterocycles. The van der Waals surface area contributed by atoms with Gasteiger partial charge in [-0.15, -0.1) is 0 Å². The summed E-state index contributed by atoms with van der Waals surface area (Å²) in [5, 5.41) is 0.443. The molecule has 0 saturated carbocycles. The number of likely N-dealkylation sites (N-methyl/N-ethyl adjacent to an activating group) is 1. The summed E-state index contributed by atoms with van der Waals surface area (Å²) in [4.78, 5) is 41.1. The van der Waals surface area contributed by atoms with Crippen molar-refractivity contribution in [2.45, 2.75) is 12.5 Å². The molecule has 0 aliphatic carbocycles. The number of piperazine rings is 1. The van der Waals surface area contributed by atoms with Crippen molar-refractivity contribution in [3.63, 3.8) is 0 Å². The SMILES string of the molecule is CN1C(=O)CC(N2CCN(C(=O)c3ccccc3Cl)CC2)C1=O. The summed E-state index contributed by atoms with van der Waals surface area (Å²) in [6.45, 7) is 2.19. The third kappa shape index (κ3) is 2.96. The Labute approximate surface area is 139 Å². The van der Waals surface area contributed by atoms with Crippen molar-refractivity contribution in [1.82, 2.24) is 14.7 Å². The number of hydrogen-bond donors (Lipinski definition) is 0. The molecule has 2 fully saturated rings. The Kier molecular flexibility index (Phi) is 4.37. The van der Waals surface area contributed by atoms with Crippen LogP contribution in [0, 0.1) is 0 Å². The van der Waals surface area contributed by atoms with E-state index in [2.05, 4.69) is 0 Å². The molecule has 3 amide bonds. The van der Waals surface area contributed by atoms with Gasteiger partial charge in [-0.05, 0) is 12.1 Å². The maximum absolute atomic E-state index is 12.5. The lowest BCUT2D eigenvalue weighted by Crippen LogP contribution is -2.53. The molecule has 7 heteroatoms. The maximum Gasteiger partial charge on any atom is 0.255 e. The van der Waals surface area contributed by atoms with Crippen molar-refractivity contribution in [1.29, 1.82) is 0 Å². The third-order valence-electron chi connectivity index (χ3n) is 4.50. The van der Waals surface area contributed by atoms with Crippen LogP contribution >= 0.6 is 11.6 Å². The average molecular weight is 336 g/mol. The molecule has 1 unspecified atom stereocenters. The third-order valence-corrected chi connectivity index (χ3v) is 4.83. The van der Waals surface area contributed by atoms with Gasteiger partial charge in [0.05, 0.1) is 23.0 Å². The summed E-state index contributed by atoms with van der Waals surface area (Å²) in [7, 11) is 1.52. The number of carbonyl (C=O) groups is 3. The van der Waals surface area contributed by atoms with E-state index in [9.17, 15) is 14.4 Å². The predicted molar refractivity (Wildman–Crippen MR) is 85.1 cm³/mol. The first kappa shape index (κ1) is 16.0. The number of likely N-dealkylation sites (tertiary alicyclic amines) is 1. The van der Waals surface area contributed by atoms with Gasteiger partial charge in [-0.3, -0.25) is 24.2 Å². The molecule has 3 rings (SSSR count). The monoisotopic (exact) mass is 335 g/mol. The molecule has 1 aromatic carbocycles. The highest BCUT2D eigenvalue weighted by atomic mass is 35.5. The van der Waals surface area contributed by atoms with Gasteiger partial charge in [0.1, 0.15) is 0 Å². The topological polar surface area (TPSA) is 60.9 Å². The van der Waals surface area contributed by atoms with Gasteiger partial charge < -0.3 is 4.90 Å². The highest BCUT2D eigenvalue weighted by Crippen LogP contribution is 2.21. The minimum atomic E-state index is -0.384. The molecule has 0 aromatic heterocycles. The van der Waals surface area contributed by atoms with Gasteiger partial charge in [0.15, 0.2) is 0 Å².